The molecule has 18 nitrogen and oxygen atoms in total. The average Bonchev–Trinajstić information content (AvgIpc) is 3.48. The number of nitrogens with one attached hydrogen (secondary N) is 2. The third-order valence-electron chi connectivity index (χ3n) is 14.1. The molecule has 0 fully saturated rings. The molecular formula is C60H84N10O8S2. The molecule has 2 aromatic heterocycles. The van der Waals surface area contributed by atoms with Gasteiger partial charge in [-0.15, -0.1) is 10.2 Å². The predicted molar refractivity (Wildman–Crippen MR) is 317 cm³/mol. The molecule has 0 spiro atoms. The van der Waals surface area contributed by atoms with Gasteiger partial charge in [0.05, 0.1) is 11.4 Å². The number of benzene rings is 2. The number of carbonyl (C=O) groups is 2. The van der Waals surface area contributed by atoms with Crippen LogP contribution in [0.15, 0.2) is 76.2 Å². The maximum Gasteiger partial charge on any atom is 0.306 e. The highest BCUT2D eigenvalue weighted by Gasteiger charge is 2.23. The Balaban J connectivity index is 1.09. The monoisotopic (exact) mass is 1140 g/mol. The third kappa shape index (κ3) is 20.3. The van der Waals surface area contributed by atoms with Crippen molar-refractivity contribution in [2.24, 2.45) is 32.3 Å². The fourth-order valence-corrected chi connectivity index (χ4v) is 10.7. The Morgan fingerprint density at radius 3 is 1.31 bits per heavy atom. The van der Waals surface area contributed by atoms with Gasteiger partial charge in [0, 0.05) is 59.9 Å². The zero-order chi connectivity index (χ0) is 58.7. The summed E-state index contributed by atoms with van der Waals surface area (Å²) < 4.78 is 20.3. The fraction of sp³-hybridized carbons (Fsp3) is 0.567. The Morgan fingerprint density at radius 1 is 0.600 bits per heavy atom. The molecular weight excluding hydrogens is 1050 g/mol. The SMILES string of the molecule is CCCCC(CC)Cn1c(O)c(N=Nc2ccc(SNCC(C)OC(=O)CCCCCCCCC(=O)OC(C)CNSc3ccc(N=Nc4c(C)c(C#N)c(=O)n(CC(CC)CCCC)c4O)cc3C)c(C)c2)c(C)c(C#N)c1=O. The summed E-state index contributed by atoms with van der Waals surface area (Å²) in [7, 11) is 0. The van der Waals surface area contributed by atoms with Gasteiger partial charge in [0.2, 0.25) is 11.8 Å². The van der Waals surface area contributed by atoms with E-state index in [-0.39, 0.29) is 81.4 Å². The number of nitriles is 2. The van der Waals surface area contributed by atoms with Gasteiger partial charge < -0.3 is 19.7 Å². The van der Waals surface area contributed by atoms with Gasteiger partial charge in [-0.05, 0) is 150 Å². The molecule has 4 unspecified atom stereocenters. The molecule has 0 aliphatic rings. The van der Waals surface area contributed by atoms with E-state index in [1.807, 2.05) is 64.1 Å². The van der Waals surface area contributed by atoms with Crippen molar-refractivity contribution >= 4 is 58.6 Å². The van der Waals surface area contributed by atoms with Crippen molar-refractivity contribution in [2.45, 2.75) is 207 Å². The molecule has 0 aliphatic heterocycles. The first-order chi connectivity index (χ1) is 38.4. The quantitative estimate of drug-likeness (QED) is 0.0145. The van der Waals surface area contributed by atoms with Gasteiger partial charge in [0.1, 0.15) is 35.5 Å². The number of ether oxygens (including phenoxy) is 2. The molecule has 0 saturated carbocycles. The number of rotatable bonds is 35. The maximum absolute atomic E-state index is 13.1. The molecule has 4 rings (SSSR count). The lowest BCUT2D eigenvalue weighted by Crippen LogP contribution is -2.27. The molecule has 0 aliphatic carbocycles. The maximum atomic E-state index is 13.1. The summed E-state index contributed by atoms with van der Waals surface area (Å²) in [4.78, 5) is 53.3. The Labute approximate surface area is 481 Å². The molecule has 0 saturated heterocycles. The van der Waals surface area contributed by atoms with Gasteiger partial charge >= 0.3 is 11.9 Å². The van der Waals surface area contributed by atoms with E-state index in [0.717, 1.165) is 111 Å². The van der Waals surface area contributed by atoms with Crippen molar-refractivity contribution in [1.82, 2.24) is 18.6 Å². The molecule has 4 aromatic rings. The highest BCUT2D eigenvalue weighted by atomic mass is 32.2. The lowest BCUT2D eigenvalue weighted by molar-refractivity contribution is -0.149. The summed E-state index contributed by atoms with van der Waals surface area (Å²) in [5.41, 5.74) is 2.56. The standard InChI is InChI=1S/C60H84N10O8S2/c1-11-15-23-45(13-3)37-69-57(73)49(33-61)43(9)55(59(69)75)67-65-47-27-29-51(39(5)31-47)79-63-35-41(7)77-53(71)25-21-19-17-18-20-22-26-54(72)78-42(8)36-64-80-52-30-28-48(32-40(52)6)66-68-56-44(10)50(34-62)58(74)70(60(56)76)38-46(14-4)24-16-12-2/h27-32,41-42,45-46,63-64,75-76H,11-26,35-38H2,1-10H3. The van der Waals surface area contributed by atoms with Crippen LogP contribution in [0.1, 0.15) is 178 Å². The lowest BCUT2D eigenvalue weighted by Gasteiger charge is -2.19. The van der Waals surface area contributed by atoms with Gasteiger partial charge in [-0.2, -0.15) is 20.8 Å². The number of carbonyl (C=O) groups excluding carboxylic acids is 2. The second-order valence-corrected chi connectivity index (χ2v) is 22.5. The number of nitrogens with zero attached hydrogens (tertiary/aromatic N) is 8. The molecule has 0 amide bonds. The van der Waals surface area contributed by atoms with Gasteiger partial charge in [0.15, 0.2) is 11.4 Å². The lowest BCUT2D eigenvalue weighted by atomic mass is 9.99. The molecule has 0 radical (unpaired) electrons. The topological polar surface area (TPSA) is 258 Å². The van der Waals surface area contributed by atoms with Crippen LogP contribution >= 0.6 is 23.9 Å². The van der Waals surface area contributed by atoms with Crippen LogP contribution in [0.2, 0.25) is 0 Å². The van der Waals surface area contributed by atoms with Crippen LogP contribution in [0.4, 0.5) is 22.7 Å². The van der Waals surface area contributed by atoms with E-state index >= 15 is 0 Å². The van der Waals surface area contributed by atoms with Crippen LogP contribution in [0.3, 0.4) is 0 Å². The van der Waals surface area contributed by atoms with Crippen LogP contribution in [-0.2, 0) is 32.2 Å². The molecule has 2 aromatic carbocycles. The van der Waals surface area contributed by atoms with Crippen LogP contribution in [0.25, 0.3) is 0 Å². The summed E-state index contributed by atoms with van der Waals surface area (Å²) >= 11 is 2.83. The summed E-state index contributed by atoms with van der Waals surface area (Å²) in [5, 5.41) is 59.3. The molecule has 4 N–H and O–H groups in total. The van der Waals surface area contributed by atoms with Crippen molar-refractivity contribution in [1.29, 1.82) is 10.5 Å². The van der Waals surface area contributed by atoms with Gasteiger partial charge in [-0.25, -0.2) is 0 Å². The fourth-order valence-electron chi connectivity index (χ4n) is 9.01. The second-order valence-electron chi connectivity index (χ2n) is 20.7. The summed E-state index contributed by atoms with van der Waals surface area (Å²) in [6, 6.07) is 15.1. The van der Waals surface area contributed by atoms with Crippen molar-refractivity contribution < 1.29 is 29.3 Å². The Morgan fingerprint density at radius 2 is 0.975 bits per heavy atom. The van der Waals surface area contributed by atoms with E-state index in [1.165, 1.54) is 33.0 Å². The molecule has 80 heavy (non-hydrogen) atoms. The number of azo groups is 2. The molecule has 20 heteroatoms. The molecule has 0 bridgehead atoms. The van der Waals surface area contributed by atoms with E-state index in [1.54, 1.807) is 26.0 Å². The number of aromatic nitrogens is 2. The smallest absolute Gasteiger partial charge is 0.306 e. The number of hydrogen-bond donors (Lipinski definition) is 4. The average molecular weight is 1140 g/mol. The van der Waals surface area contributed by atoms with Crippen molar-refractivity contribution in [3.63, 3.8) is 0 Å². The van der Waals surface area contributed by atoms with Crippen molar-refractivity contribution in [2.75, 3.05) is 13.1 Å². The van der Waals surface area contributed by atoms with Crippen molar-refractivity contribution in [3.8, 4) is 23.9 Å². The second kappa shape index (κ2) is 34.7. The number of unbranched alkanes of at least 4 members (excludes halogenated alkanes) is 7. The minimum absolute atomic E-state index is 0.0540. The van der Waals surface area contributed by atoms with Crippen LogP contribution in [0.5, 0.6) is 11.8 Å². The van der Waals surface area contributed by atoms with E-state index in [0.29, 0.717) is 50.4 Å². The Bertz CT molecular complexity index is 2770. The van der Waals surface area contributed by atoms with E-state index < -0.39 is 11.1 Å². The highest BCUT2D eigenvalue weighted by Crippen LogP contribution is 2.36. The minimum atomic E-state index is -0.520. The van der Waals surface area contributed by atoms with Crippen LogP contribution < -0.4 is 20.6 Å². The van der Waals surface area contributed by atoms with Gasteiger partial charge in [0.25, 0.3) is 11.1 Å². The largest absolute Gasteiger partial charge is 0.493 e. The van der Waals surface area contributed by atoms with Gasteiger partial charge in [-0.3, -0.25) is 37.8 Å². The summed E-state index contributed by atoms with van der Waals surface area (Å²) in [6.45, 7) is 20.6. The predicted octanol–water partition coefficient (Wildman–Crippen LogP) is 14.5. The first-order valence-electron chi connectivity index (χ1n) is 28.4. The van der Waals surface area contributed by atoms with Crippen LogP contribution in [0, 0.1) is 62.2 Å². The number of esters is 2. The number of hydrogen-bond acceptors (Lipinski definition) is 18. The molecule has 4 atom stereocenters. The number of aromatic hydroxyl groups is 2. The Kier molecular flexibility index (Phi) is 28.7. The number of aryl methyl sites for hydroxylation is 2. The number of pyridine rings is 2. The van der Waals surface area contributed by atoms with Crippen molar-refractivity contribution in [3.05, 3.63) is 90.5 Å². The van der Waals surface area contributed by atoms with Gasteiger partial charge in [-0.1, -0.05) is 91.9 Å². The Hall–Kier alpha value is -6.32. The van der Waals surface area contributed by atoms with E-state index in [2.05, 4.69) is 57.6 Å². The van der Waals surface area contributed by atoms with E-state index in [4.69, 9.17) is 9.47 Å². The first-order valence-corrected chi connectivity index (χ1v) is 30.0. The summed E-state index contributed by atoms with van der Waals surface area (Å²) in [5.74, 6) is -0.705. The zero-order valence-electron chi connectivity index (χ0n) is 48.7. The third-order valence-corrected chi connectivity index (χ3v) is 16.1. The minimum Gasteiger partial charge on any atom is -0.493 e. The highest BCUT2D eigenvalue weighted by molar-refractivity contribution is 7.97. The molecule has 2 heterocycles. The zero-order valence-corrected chi connectivity index (χ0v) is 50.3. The normalized spacial score (nSPS) is 13.1. The summed E-state index contributed by atoms with van der Waals surface area (Å²) in [6.07, 6.45) is 12.7. The molecule has 434 valence electrons. The first kappa shape index (κ1) is 66.2. The van der Waals surface area contributed by atoms with E-state index in [9.17, 15) is 39.9 Å². The van der Waals surface area contributed by atoms with Crippen LogP contribution in [-0.4, -0.2) is 56.6 Å².